The lowest BCUT2D eigenvalue weighted by atomic mass is 9.96. The van der Waals surface area contributed by atoms with Crippen LogP contribution in [-0.4, -0.2) is 53.6 Å². The summed E-state index contributed by atoms with van der Waals surface area (Å²) in [5, 5.41) is 3.61. The number of piperidine rings is 1. The standard InChI is InChI=1S/C17H33N3O/c1-5-7-9-15-17(21)20(16(18-15)8-6-2)14-10-11-19(4)13(3)12-14/h13-16,18H,5-12H2,1-4H3. The van der Waals surface area contributed by atoms with Crippen LogP contribution in [-0.2, 0) is 4.79 Å². The van der Waals surface area contributed by atoms with Gasteiger partial charge in [0.15, 0.2) is 0 Å². The van der Waals surface area contributed by atoms with Gasteiger partial charge in [-0.2, -0.15) is 0 Å². The van der Waals surface area contributed by atoms with Crippen LogP contribution in [0.5, 0.6) is 0 Å². The van der Waals surface area contributed by atoms with Gasteiger partial charge in [-0.15, -0.1) is 0 Å². The van der Waals surface area contributed by atoms with Gasteiger partial charge in [-0.3, -0.25) is 10.1 Å². The molecule has 1 N–H and O–H groups in total. The fourth-order valence-corrected chi connectivity index (χ4v) is 3.78. The first kappa shape index (κ1) is 16.8. The van der Waals surface area contributed by atoms with Gasteiger partial charge in [0, 0.05) is 18.6 Å². The van der Waals surface area contributed by atoms with E-state index in [2.05, 4.69) is 42.9 Å². The van der Waals surface area contributed by atoms with Gasteiger partial charge in [0.2, 0.25) is 5.91 Å². The van der Waals surface area contributed by atoms with Crippen molar-refractivity contribution in [1.29, 1.82) is 0 Å². The summed E-state index contributed by atoms with van der Waals surface area (Å²) in [6.45, 7) is 7.79. The third-order valence-electron chi connectivity index (χ3n) is 5.26. The Bertz CT molecular complexity index is 347. The second kappa shape index (κ2) is 7.59. The summed E-state index contributed by atoms with van der Waals surface area (Å²) in [4.78, 5) is 17.5. The normalized spacial score (nSPS) is 34.7. The molecule has 0 aromatic carbocycles. The van der Waals surface area contributed by atoms with Crippen molar-refractivity contribution in [1.82, 2.24) is 15.1 Å². The number of rotatable bonds is 6. The third kappa shape index (κ3) is 3.78. The molecule has 4 nitrogen and oxygen atoms in total. The van der Waals surface area contributed by atoms with E-state index in [1.54, 1.807) is 0 Å². The number of nitrogens with one attached hydrogen (secondary N) is 1. The van der Waals surface area contributed by atoms with Crippen molar-refractivity contribution in [2.24, 2.45) is 0 Å². The van der Waals surface area contributed by atoms with E-state index in [-0.39, 0.29) is 12.2 Å². The minimum Gasteiger partial charge on any atom is -0.323 e. The third-order valence-corrected chi connectivity index (χ3v) is 5.26. The molecule has 2 saturated heterocycles. The highest BCUT2D eigenvalue weighted by atomic mass is 16.2. The highest BCUT2D eigenvalue weighted by Crippen LogP contribution is 2.28. The summed E-state index contributed by atoms with van der Waals surface area (Å²) >= 11 is 0. The van der Waals surface area contributed by atoms with Gasteiger partial charge in [0.05, 0.1) is 12.2 Å². The number of hydrogen-bond donors (Lipinski definition) is 1. The lowest BCUT2D eigenvalue weighted by Gasteiger charge is -2.41. The lowest BCUT2D eigenvalue weighted by Crippen LogP contribution is -2.51. The summed E-state index contributed by atoms with van der Waals surface area (Å²) < 4.78 is 0. The van der Waals surface area contributed by atoms with Gasteiger partial charge >= 0.3 is 0 Å². The minimum atomic E-state index is 0.0662. The second-order valence-corrected chi connectivity index (χ2v) is 6.92. The van der Waals surface area contributed by atoms with Gasteiger partial charge in [-0.1, -0.05) is 33.1 Å². The van der Waals surface area contributed by atoms with Crippen LogP contribution in [0.25, 0.3) is 0 Å². The molecule has 0 saturated carbocycles. The number of carbonyl (C=O) groups excluding carboxylic acids is 1. The fraction of sp³-hybridized carbons (Fsp3) is 0.941. The van der Waals surface area contributed by atoms with Crippen LogP contribution in [0.2, 0.25) is 0 Å². The Morgan fingerprint density at radius 3 is 2.62 bits per heavy atom. The summed E-state index contributed by atoms with van der Waals surface area (Å²) in [7, 11) is 2.19. The molecule has 0 bridgehead atoms. The molecule has 0 aromatic heterocycles. The molecule has 4 heteroatoms. The molecule has 1 amide bonds. The van der Waals surface area contributed by atoms with Crippen molar-refractivity contribution in [3.8, 4) is 0 Å². The Morgan fingerprint density at radius 2 is 2.00 bits per heavy atom. The highest BCUT2D eigenvalue weighted by molar-refractivity contribution is 5.84. The largest absolute Gasteiger partial charge is 0.323 e. The first-order valence-corrected chi connectivity index (χ1v) is 8.86. The number of carbonyl (C=O) groups is 1. The molecule has 2 fully saturated rings. The Balaban J connectivity index is 2.05. The maximum Gasteiger partial charge on any atom is 0.241 e. The summed E-state index contributed by atoms with van der Waals surface area (Å²) in [6.07, 6.45) is 8.01. The Kier molecular flexibility index (Phi) is 6.06. The summed E-state index contributed by atoms with van der Waals surface area (Å²) in [6, 6.07) is 1.07. The number of nitrogens with zero attached hydrogens (tertiary/aromatic N) is 2. The van der Waals surface area contributed by atoms with Crippen molar-refractivity contribution in [2.45, 2.75) is 90.0 Å². The number of amides is 1. The molecule has 122 valence electrons. The van der Waals surface area contributed by atoms with E-state index in [1.807, 2.05) is 0 Å². The van der Waals surface area contributed by atoms with Gasteiger partial charge in [0.1, 0.15) is 0 Å². The molecule has 4 atom stereocenters. The number of likely N-dealkylation sites (tertiary alicyclic amines) is 1. The van der Waals surface area contributed by atoms with Gasteiger partial charge < -0.3 is 9.80 Å². The quantitative estimate of drug-likeness (QED) is 0.818. The SMILES string of the molecule is CCCCC1NC(CCC)N(C2CCN(C)C(C)C2)C1=O. The number of unbranched alkanes of at least 4 members (excludes halogenated alkanes) is 1. The zero-order chi connectivity index (χ0) is 15.4. The molecular weight excluding hydrogens is 262 g/mol. The molecule has 0 aromatic rings. The van der Waals surface area contributed by atoms with Crippen LogP contribution < -0.4 is 5.32 Å². The molecule has 0 aliphatic carbocycles. The zero-order valence-corrected chi connectivity index (χ0v) is 14.3. The van der Waals surface area contributed by atoms with E-state index in [9.17, 15) is 4.79 Å². The van der Waals surface area contributed by atoms with Crippen LogP contribution >= 0.6 is 0 Å². The molecule has 21 heavy (non-hydrogen) atoms. The van der Waals surface area contributed by atoms with E-state index in [0.29, 0.717) is 18.0 Å². The van der Waals surface area contributed by atoms with E-state index in [0.717, 1.165) is 51.5 Å². The predicted molar refractivity (Wildman–Crippen MR) is 87.1 cm³/mol. The van der Waals surface area contributed by atoms with Crippen LogP contribution in [0.4, 0.5) is 0 Å². The summed E-state index contributed by atoms with van der Waals surface area (Å²) in [5.74, 6) is 0.364. The average Bonchev–Trinajstić information content (AvgIpc) is 2.76. The molecule has 0 spiro atoms. The van der Waals surface area contributed by atoms with Gasteiger partial charge in [0.25, 0.3) is 0 Å². The molecule has 2 heterocycles. The van der Waals surface area contributed by atoms with E-state index in [4.69, 9.17) is 0 Å². The topological polar surface area (TPSA) is 35.6 Å². The summed E-state index contributed by atoms with van der Waals surface area (Å²) in [5.41, 5.74) is 0. The first-order valence-electron chi connectivity index (χ1n) is 8.86. The lowest BCUT2D eigenvalue weighted by molar-refractivity contribution is -0.133. The monoisotopic (exact) mass is 295 g/mol. The van der Waals surface area contributed by atoms with Crippen molar-refractivity contribution in [2.75, 3.05) is 13.6 Å². The van der Waals surface area contributed by atoms with Gasteiger partial charge in [-0.25, -0.2) is 0 Å². The smallest absolute Gasteiger partial charge is 0.241 e. The molecular formula is C17H33N3O. The van der Waals surface area contributed by atoms with Crippen LogP contribution in [0.1, 0.15) is 65.7 Å². The van der Waals surface area contributed by atoms with Crippen LogP contribution in [0, 0.1) is 0 Å². The van der Waals surface area contributed by atoms with Crippen molar-refractivity contribution >= 4 is 5.91 Å². The fourth-order valence-electron chi connectivity index (χ4n) is 3.78. The molecule has 0 radical (unpaired) electrons. The molecule has 2 aliphatic rings. The Hall–Kier alpha value is -0.610. The molecule has 4 unspecified atom stereocenters. The zero-order valence-electron chi connectivity index (χ0n) is 14.3. The van der Waals surface area contributed by atoms with E-state index < -0.39 is 0 Å². The first-order chi connectivity index (χ1) is 10.1. The van der Waals surface area contributed by atoms with Crippen molar-refractivity contribution < 1.29 is 4.79 Å². The van der Waals surface area contributed by atoms with E-state index >= 15 is 0 Å². The maximum absolute atomic E-state index is 12.8. The maximum atomic E-state index is 12.8. The Morgan fingerprint density at radius 1 is 1.24 bits per heavy atom. The van der Waals surface area contributed by atoms with Gasteiger partial charge in [-0.05, 0) is 39.7 Å². The molecule has 2 rings (SSSR count). The second-order valence-electron chi connectivity index (χ2n) is 6.92. The number of hydrogen-bond acceptors (Lipinski definition) is 3. The van der Waals surface area contributed by atoms with Crippen molar-refractivity contribution in [3.63, 3.8) is 0 Å². The van der Waals surface area contributed by atoms with Crippen LogP contribution in [0.15, 0.2) is 0 Å². The Labute approximate surface area is 130 Å². The molecule has 2 aliphatic heterocycles. The minimum absolute atomic E-state index is 0.0662. The van der Waals surface area contributed by atoms with Crippen molar-refractivity contribution in [3.05, 3.63) is 0 Å². The van der Waals surface area contributed by atoms with Crippen LogP contribution in [0.3, 0.4) is 0 Å². The predicted octanol–water partition coefficient (Wildman–Crippen LogP) is 2.59. The van der Waals surface area contributed by atoms with E-state index in [1.165, 1.54) is 0 Å². The average molecular weight is 295 g/mol. The highest BCUT2D eigenvalue weighted by Gasteiger charge is 2.42.